The van der Waals surface area contributed by atoms with E-state index in [0.717, 1.165) is 48.7 Å². The van der Waals surface area contributed by atoms with Gasteiger partial charge in [0.25, 0.3) is 0 Å². The molecular formula is C22H28IN5S. The Hall–Kier alpha value is -2.00. The van der Waals surface area contributed by atoms with E-state index in [1.807, 2.05) is 30.6 Å². The molecule has 0 amide bonds. The van der Waals surface area contributed by atoms with Gasteiger partial charge in [-0.05, 0) is 37.1 Å². The SMILES string of the molecule is CCNC(=NCc1cccc(-c2ccccn2)c1)NCCc1ncc(CC)s1.I. The zero-order valence-corrected chi connectivity index (χ0v) is 20.0. The van der Waals surface area contributed by atoms with Crippen LogP contribution in [0.3, 0.4) is 0 Å². The summed E-state index contributed by atoms with van der Waals surface area (Å²) < 4.78 is 0. The van der Waals surface area contributed by atoms with Crippen molar-refractivity contribution in [2.45, 2.75) is 33.2 Å². The summed E-state index contributed by atoms with van der Waals surface area (Å²) >= 11 is 1.79. The number of thiazole rings is 1. The van der Waals surface area contributed by atoms with Gasteiger partial charge >= 0.3 is 0 Å². The van der Waals surface area contributed by atoms with Crippen molar-refractivity contribution in [2.24, 2.45) is 4.99 Å². The maximum atomic E-state index is 4.73. The van der Waals surface area contributed by atoms with Gasteiger partial charge in [-0.3, -0.25) is 4.98 Å². The van der Waals surface area contributed by atoms with Gasteiger partial charge in [0.1, 0.15) is 0 Å². The summed E-state index contributed by atoms with van der Waals surface area (Å²) in [5.74, 6) is 0.831. The summed E-state index contributed by atoms with van der Waals surface area (Å²) in [6.07, 6.45) is 5.75. The van der Waals surface area contributed by atoms with E-state index in [2.05, 4.69) is 58.7 Å². The molecule has 0 radical (unpaired) electrons. The number of halogens is 1. The molecule has 3 rings (SSSR count). The average Bonchev–Trinajstić information content (AvgIpc) is 3.21. The lowest BCUT2D eigenvalue weighted by Crippen LogP contribution is -2.38. The summed E-state index contributed by atoms with van der Waals surface area (Å²) in [6.45, 7) is 6.50. The Morgan fingerprint density at radius 2 is 1.97 bits per heavy atom. The highest BCUT2D eigenvalue weighted by Crippen LogP contribution is 2.18. The molecule has 0 spiro atoms. The number of pyridine rings is 1. The van der Waals surface area contributed by atoms with Gasteiger partial charge in [-0.25, -0.2) is 9.98 Å². The Morgan fingerprint density at radius 3 is 2.69 bits per heavy atom. The van der Waals surface area contributed by atoms with Gasteiger partial charge in [-0.2, -0.15) is 0 Å². The minimum absolute atomic E-state index is 0. The van der Waals surface area contributed by atoms with E-state index in [9.17, 15) is 0 Å². The molecule has 0 saturated heterocycles. The second-order valence-corrected chi connectivity index (χ2v) is 7.56. The molecular weight excluding hydrogens is 493 g/mol. The monoisotopic (exact) mass is 521 g/mol. The highest BCUT2D eigenvalue weighted by atomic mass is 127. The van der Waals surface area contributed by atoms with Crippen molar-refractivity contribution in [1.29, 1.82) is 0 Å². The third-order valence-electron chi connectivity index (χ3n) is 4.23. The van der Waals surface area contributed by atoms with Crippen molar-refractivity contribution < 1.29 is 0 Å². The number of aliphatic imine (C=N–C) groups is 1. The van der Waals surface area contributed by atoms with E-state index < -0.39 is 0 Å². The first-order valence-corrected chi connectivity index (χ1v) is 10.6. The van der Waals surface area contributed by atoms with Gasteiger partial charge in [0.05, 0.1) is 17.2 Å². The number of hydrogen-bond acceptors (Lipinski definition) is 4. The molecule has 0 saturated carbocycles. The molecule has 0 atom stereocenters. The lowest BCUT2D eigenvalue weighted by Gasteiger charge is -2.11. The molecule has 1 aromatic carbocycles. The van der Waals surface area contributed by atoms with E-state index in [1.165, 1.54) is 9.88 Å². The van der Waals surface area contributed by atoms with Crippen LogP contribution >= 0.6 is 35.3 Å². The largest absolute Gasteiger partial charge is 0.357 e. The normalized spacial score (nSPS) is 11.0. The van der Waals surface area contributed by atoms with Crippen LogP contribution in [0.5, 0.6) is 0 Å². The molecule has 2 aromatic heterocycles. The molecule has 29 heavy (non-hydrogen) atoms. The van der Waals surface area contributed by atoms with Crippen molar-refractivity contribution in [3.8, 4) is 11.3 Å². The summed E-state index contributed by atoms with van der Waals surface area (Å²) in [6, 6.07) is 14.3. The molecule has 0 aliphatic heterocycles. The van der Waals surface area contributed by atoms with Crippen molar-refractivity contribution in [1.82, 2.24) is 20.6 Å². The van der Waals surface area contributed by atoms with Crippen LogP contribution in [-0.4, -0.2) is 29.0 Å². The molecule has 5 nitrogen and oxygen atoms in total. The number of aromatic nitrogens is 2. The Bertz CT molecular complexity index is 895. The molecule has 0 bridgehead atoms. The van der Waals surface area contributed by atoms with E-state index in [1.54, 1.807) is 11.3 Å². The maximum Gasteiger partial charge on any atom is 0.191 e. The van der Waals surface area contributed by atoms with Crippen molar-refractivity contribution in [3.05, 3.63) is 70.3 Å². The lowest BCUT2D eigenvalue weighted by molar-refractivity contribution is 0.796. The second kappa shape index (κ2) is 12.5. The van der Waals surface area contributed by atoms with Crippen molar-refractivity contribution >= 4 is 41.3 Å². The average molecular weight is 521 g/mol. The minimum Gasteiger partial charge on any atom is -0.357 e. The van der Waals surface area contributed by atoms with Gasteiger partial charge in [0.2, 0.25) is 0 Å². The first kappa shape index (κ1) is 23.3. The third kappa shape index (κ3) is 7.40. The fraction of sp³-hybridized carbons (Fsp3) is 0.318. The predicted molar refractivity (Wildman–Crippen MR) is 133 cm³/mol. The van der Waals surface area contributed by atoms with Crippen LogP contribution in [0.15, 0.2) is 59.9 Å². The fourth-order valence-corrected chi connectivity index (χ4v) is 3.65. The van der Waals surface area contributed by atoms with E-state index >= 15 is 0 Å². The van der Waals surface area contributed by atoms with E-state index in [4.69, 9.17) is 4.99 Å². The molecule has 154 valence electrons. The molecule has 0 unspecified atom stereocenters. The standard InChI is InChI=1S/C22H27N5S.HI/c1-3-19-16-26-21(28-19)11-13-25-22(23-4-2)27-15-17-8-7-9-18(14-17)20-10-5-6-12-24-20;/h5-10,12,14,16H,3-4,11,13,15H2,1-2H3,(H2,23,25,27);1H. The predicted octanol–water partition coefficient (Wildman–Crippen LogP) is 4.68. The fourth-order valence-electron chi connectivity index (χ4n) is 2.79. The number of hydrogen-bond donors (Lipinski definition) is 2. The van der Waals surface area contributed by atoms with Crippen molar-refractivity contribution in [3.63, 3.8) is 0 Å². The lowest BCUT2D eigenvalue weighted by atomic mass is 10.1. The molecule has 0 aliphatic rings. The summed E-state index contributed by atoms with van der Waals surface area (Å²) in [5, 5.41) is 7.89. The second-order valence-electron chi connectivity index (χ2n) is 6.36. The van der Waals surface area contributed by atoms with Gasteiger partial charge in [0, 0.05) is 42.3 Å². The molecule has 0 aliphatic carbocycles. The number of guanidine groups is 1. The zero-order valence-electron chi connectivity index (χ0n) is 16.9. The number of nitrogens with zero attached hydrogens (tertiary/aromatic N) is 3. The Balaban J connectivity index is 0.00000300. The van der Waals surface area contributed by atoms with Gasteiger partial charge in [0.15, 0.2) is 5.96 Å². The quantitative estimate of drug-likeness (QED) is 0.257. The van der Waals surface area contributed by atoms with Gasteiger partial charge < -0.3 is 10.6 Å². The van der Waals surface area contributed by atoms with Crippen LogP contribution in [0.25, 0.3) is 11.3 Å². The summed E-state index contributed by atoms with van der Waals surface area (Å²) in [5.41, 5.74) is 3.25. The zero-order chi connectivity index (χ0) is 19.6. The van der Waals surface area contributed by atoms with E-state index in [0.29, 0.717) is 6.54 Å². The van der Waals surface area contributed by atoms with Gasteiger partial charge in [-0.1, -0.05) is 31.2 Å². The number of nitrogens with one attached hydrogen (secondary N) is 2. The molecule has 7 heteroatoms. The topological polar surface area (TPSA) is 62.2 Å². The smallest absolute Gasteiger partial charge is 0.191 e. The van der Waals surface area contributed by atoms with Crippen LogP contribution in [0.4, 0.5) is 0 Å². The number of benzene rings is 1. The summed E-state index contributed by atoms with van der Waals surface area (Å²) in [7, 11) is 0. The van der Waals surface area contributed by atoms with Crippen LogP contribution in [0.1, 0.15) is 29.3 Å². The Kier molecular flexibility index (Phi) is 10.1. The Labute approximate surface area is 194 Å². The van der Waals surface area contributed by atoms with Gasteiger partial charge in [-0.15, -0.1) is 35.3 Å². The molecule has 2 heterocycles. The van der Waals surface area contributed by atoms with E-state index in [-0.39, 0.29) is 24.0 Å². The number of rotatable bonds is 8. The minimum atomic E-state index is 0. The van der Waals surface area contributed by atoms with Crippen molar-refractivity contribution in [2.75, 3.05) is 13.1 Å². The molecule has 0 fully saturated rings. The highest BCUT2D eigenvalue weighted by molar-refractivity contribution is 14.0. The van der Waals surface area contributed by atoms with Crippen LogP contribution < -0.4 is 10.6 Å². The number of aryl methyl sites for hydroxylation is 1. The molecule has 2 N–H and O–H groups in total. The third-order valence-corrected chi connectivity index (χ3v) is 5.43. The molecule has 3 aromatic rings. The van der Waals surface area contributed by atoms with Crippen LogP contribution in [-0.2, 0) is 19.4 Å². The summed E-state index contributed by atoms with van der Waals surface area (Å²) in [4.78, 5) is 15.0. The van der Waals surface area contributed by atoms with Crippen LogP contribution in [0, 0.1) is 0 Å². The first-order chi connectivity index (χ1) is 13.8. The van der Waals surface area contributed by atoms with Crippen LogP contribution in [0.2, 0.25) is 0 Å². The highest BCUT2D eigenvalue weighted by Gasteiger charge is 2.03. The Morgan fingerprint density at radius 1 is 1.07 bits per heavy atom. The first-order valence-electron chi connectivity index (χ1n) is 9.74. The maximum absolute atomic E-state index is 4.73.